The average Bonchev–Trinajstić information content (AvgIpc) is 2.63. The molecule has 1 amide bonds. The first-order valence-electron chi connectivity index (χ1n) is 5.27. The minimum absolute atomic E-state index is 0.0945. The Labute approximate surface area is 113 Å². The summed E-state index contributed by atoms with van der Waals surface area (Å²) >= 11 is 3.87. The molecule has 1 aliphatic heterocycles. The van der Waals surface area contributed by atoms with Crippen LogP contribution in [0.15, 0.2) is 11.4 Å². The van der Waals surface area contributed by atoms with Crippen molar-refractivity contribution in [3.05, 3.63) is 19.9 Å². The number of carbonyl (C=O) groups is 1. The van der Waals surface area contributed by atoms with Gasteiger partial charge in [0.05, 0.1) is 14.0 Å². The molecule has 1 saturated heterocycles. The molecule has 5 heteroatoms. The summed E-state index contributed by atoms with van der Waals surface area (Å²) in [6.07, 6.45) is 0. The molecule has 0 aromatic carbocycles. The molecule has 0 radical (unpaired) electrons. The van der Waals surface area contributed by atoms with Crippen molar-refractivity contribution >= 4 is 39.8 Å². The molecule has 1 aromatic rings. The Morgan fingerprint density at radius 2 is 2.38 bits per heavy atom. The lowest BCUT2D eigenvalue weighted by molar-refractivity contribution is 0.0478. The molecule has 0 atom stereocenters. The van der Waals surface area contributed by atoms with Crippen molar-refractivity contribution < 1.29 is 4.79 Å². The van der Waals surface area contributed by atoms with Crippen LogP contribution in [-0.2, 0) is 0 Å². The second-order valence-electron chi connectivity index (χ2n) is 4.59. The zero-order valence-corrected chi connectivity index (χ0v) is 12.4. The maximum absolute atomic E-state index is 12.3. The van der Waals surface area contributed by atoms with E-state index in [4.69, 9.17) is 0 Å². The topological polar surface area (TPSA) is 32.3 Å². The van der Waals surface area contributed by atoms with Gasteiger partial charge < -0.3 is 10.2 Å². The lowest BCUT2D eigenvalue weighted by Crippen LogP contribution is -2.59. The summed E-state index contributed by atoms with van der Waals surface area (Å²) in [7, 11) is 0. The van der Waals surface area contributed by atoms with E-state index in [1.165, 1.54) is 0 Å². The van der Waals surface area contributed by atoms with Gasteiger partial charge in [0.1, 0.15) is 0 Å². The van der Waals surface area contributed by atoms with E-state index in [2.05, 4.69) is 41.8 Å². The SMILES string of the molecule is CC1(C)CNCCN1C(=O)c1csc(I)c1. The van der Waals surface area contributed by atoms with Crippen molar-refractivity contribution in [2.24, 2.45) is 0 Å². The van der Waals surface area contributed by atoms with Crippen molar-refractivity contribution in [1.82, 2.24) is 10.2 Å². The van der Waals surface area contributed by atoms with Crippen LogP contribution in [-0.4, -0.2) is 36.0 Å². The van der Waals surface area contributed by atoms with E-state index >= 15 is 0 Å². The van der Waals surface area contributed by atoms with E-state index < -0.39 is 0 Å². The monoisotopic (exact) mass is 350 g/mol. The third kappa shape index (κ3) is 2.41. The van der Waals surface area contributed by atoms with Gasteiger partial charge in [0.15, 0.2) is 0 Å². The molecule has 0 aliphatic carbocycles. The van der Waals surface area contributed by atoms with E-state index in [1.54, 1.807) is 11.3 Å². The Kier molecular flexibility index (Phi) is 3.56. The smallest absolute Gasteiger partial charge is 0.255 e. The van der Waals surface area contributed by atoms with E-state index in [-0.39, 0.29) is 11.4 Å². The van der Waals surface area contributed by atoms with Crippen LogP contribution >= 0.6 is 33.9 Å². The molecule has 3 nitrogen and oxygen atoms in total. The Balaban J connectivity index is 2.20. The standard InChI is InChI=1S/C11H15IN2OS/c1-11(2)7-13-3-4-14(11)10(15)8-5-9(12)16-6-8/h5-6,13H,3-4,7H2,1-2H3. The van der Waals surface area contributed by atoms with E-state index in [1.807, 2.05) is 16.3 Å². The van der Waals surface area contributed by atoms with Crippen LogP contribution in [0, 0.1) is 2.88 Å². The molecule has 1 N–H and O–H groups in total. The van der Waals surface area contributed by atoms with Crippen LogP contribution in [0.2, 0.25) is 0 Å². The third-order valence-corrected chi connectivity index (χ3v) is 4.65. The van der Waals surface area contributed by atoms with Crippen molar-refractivity contribution in [2.45, 2.75) is 19.4 Å². The van der Waals surface area contributed by atoms with E-state index in [0.29, 0.717) is 0 Å². The number of nitrogens with one attached hydrogen (secondary N) is 1. The number of hydrogen-bond donors (Lipinski definition) is 1. The largest absolute Gasteiger partial charge is 0.331 e. The molecule has 2 heterocycles. The minimum atomic E-state index is -0.0945. The van der Waals surface area contributed by atoms with Gasteiger partial charge >= 0.3 is 0 Å². The fourth-order valence-electron chi connectivity index (χ4n) is 1.94. The van der Waals surface area contributed by atoms with Crippen LogP contribution in [0.4, 0.5) is 0 Å². The number of piperazine rings is 1. The third-order valence-electron chi connectivity index (χ3n) is 2.86. The Hall–Kier alpha value is -0.140. The number of amides is 1. The molecule has 2 rings (SSSR count). The number of nitrogens with zero attached hydrogens (tertiary/aromatic N) is 1. The highest BCUT2D eigenvalue weighted by molar-refractivity contribution is 14.1. The van der Waals surface area contributed by atoms with Gasteiger partial charge in [-0.25, -0.2) is 0 Å². The van der Waals surface area contributed by atoms with Gasteiger partial charge in [-0.3, -0.25) is 4.79 Å². The van der Waals surface area contributed by atoms with Gasteiger partial charge in [0.25, 0.3) is 5.91 Å². The summed E-state index contributed by atoms with van der Waals surface area (Å²) in [5.41, 5.74) is 0.729. The maximum atomic E-state index is 12.3. The zero-order chi connectivity index (χ0) is 11.8. The summed E-state index contributed by atoms with van der Waals surface area (Å²) in [6, 6.07) is 1.96. The highest BCUT2D eigenvalue weighted by Crippen LogP contribution is 2.23. The van der Waals surface area contributed by atoms with Crippen LogP contribution < -0.4 is 5.32 Å². The van der Waals surface area contributed by atoms with Crippen LogP contribution in [0.25, 0.3) is 0 Å². The first-order chi connectivity index (χ1) is 7.50. The number of rotatable bonds is 1. The number of hydrogen-bond acceptors (Lipinski definition) is 3. The van der Waals surface area contributed by atoms with Crippen molar-refractivity contribution in [3.8, 4) is 0 Å². The molecule has 16 heavy (non-hydrogen) atoms. The van der Waals surface area contributed by atoms with Crippen molar-refractivity contribution in [2.75, 3.05) is 19.6 Å². The van der Waals surface area contributed by atoms with Gasteiger partial charge in [-0.15, -0.1) is 11.3 Å². The molecule has 0 unspecified atom stereocenters. The van der Waals surface area contributed by atoms with Gasteiger partial charge in [0, 0.05) is 25.0 Å². The quantitative estimate of drug-likeness (QED) is 0.788. The van der Waals surface area contributed by atoms with Gasteiger partial charge in [-0.1, -0.05) is 0 Å². The average molecular weight is 350 g/mol. The zero-order valence-electron chi connectivity index (χ0n) is 9.42. The Bertz CT molecular complexity index is 402. The fourth-order valence-corrected chi connectivity index (χ4v) is 3.26. The molecule has 0 spiro atoms. The second-order valence-corrected chi connectivity index (χ2v) is 7.39. The summed E-state index contributed by atoms with van der Waals surface area (Å²) in [6.45, 7) is 6.75. The van der Waals surface area contributed by atoms with E-state index in [0.717, 1.165) is 28.1 Å². The normalized spacial score (nSPS) is 19.8. The predicted molar refractivity (Wildman–Crippen MR) is 75.0 cm³/mol. The molecule has 0 bridgehead atoms. The summed E-state index contributed by atoms with van der Waals surface area (Å²) < 4.78 is 1.16. The highest BCUT2D eigenvalue weighted by Gasteiger charge is 2.33. The Morgan fingerprint density at radius 1 is 1.62 bits per heavy atom. The maximum Gasteiger partial charge on any atom is 0.255 e. The lowest BCUT2D eigenvalue weighted by Gasteiger charge is -2.42. The summed E-state index contributed by atoms with van der Waals surface area (Å²) in [5.74, 6) is 0.158. The molecular weight excluding hydrogens is 335 g/mol. The molecule has 1 aromatic heterocycles. The lowest BCUT2D eigenvalue weighted by atomic mass is 9.99. The Morgan fingerprint density at radius 3 is 2.94 bits per heavy atom. The first kappa shape index (κ1) is 12.3. The number of thiophene rings is 1. The highest BCUT2D eigenvalue weighted by atomic mass is 127. The molecule has 1 aliphatic rings. The molecular formula is C11H15IN2OS. The van der Waals surface area contributed by atoms with Gasteiger partial charge in [-0.05, 0) is 42.5 Å². The molecule has 1 fully saturated rings. The number of halogens is 1. The van der Waals surface area contributed by atoms with Crippen LogP contribution in [0.3, 0.4) is 0 Å². The fraction of sp³-hybridized carbons (Fsp3) is 0.545. The minimum Gasteiger partial charge on any atom is -0.331 e. The van der Waals surface area contributed by atoms with E-state index in [9.17, 15) is 4.79 Å². The summed E-state index contributed by atoms with van der Waals surface area (Å²) in [5, 5.41) is 5.27. The number of carbonyl (C=O) groups excluding carboxylic acids is 1. The first-order valence-corrected chi connectivity index (χ1v) is 7.23. The second kappa shape index (κ2) is 4.62. The van der Waals surface area contributed by atoms with Crippen LogP contribution in [0.1, 0.15) is 24.2 Å². The molecule has 88 valence electrons. The van der Waals surface area contributed by atoms with Crippen LogP contribution in [0.5, 0.6) is 0 Å². The summed E-state index contributed by atoms with van der Waals surface area (Å²) in [4.78, 5) is 14.3. The molecule has 0 saturated carbocycles. The van der Waals surface area contributed by atoms with Crippen molar-refractivity contribution in [1.29, 1.82) is 0 Å². The van der Waals surface area contributed by atoms with Gasteiger partial charge in [0.2, 0.25) is 0 Å². The van der Waals surface area contributed by atoms with Gasteiger partial charge in [-0.2, -0.15) is 0 Å². The van der Waals surface area contributed by atoms with Crippen molar-refractivity contribution in [3.63, 3.8) is 0 Å². The predicted octanol–water partition coefficient (Wildman–Crippen LogP) is 2.18.